The normalized spacial score (nSPS) is 15.2. The van der Waals surface area contributed by atoms with E-state index in [1.165, 1.54) is 13.2 Å². The van der Waals surface area contributed by atoms with Crippen LogP contribution in [0, 0.1) is 11.8 Å². The van der Waals surface area contributed by atoms with Crippen LogP contribution in [0.5, 0.6) is 0 Å². The van der Waals surface area contributed by atoms with Crippen molar-refractivity contribution >= 4 is 5.97 Å². The molecule has 0 aromatic carbocycles. The summed E-state index contributed by atoms with van der Waals surface area (Å²) < 4.78 is 4.90. The van der Waals surface area contributed by atoms with E-state index in [0.29, 0.717) is 12.5 Å². The number of ether oxygens (including phenoxy) is 1. The molecule has 17 heavy (non-hydrogen) atoms. The van der Waals surface area contributed by atoms with Gasteiger partial charge in [0, 0.05) is 17.7 Å². The van der Waals surface area contributed by atoms with Crippen LogP contribution in [-0.4, -0.2) is 19.7 Å². The lowest BCUT2D eigenvalue weighted by molar-refractivity contribution is -0.137. The topological polar surface area (TPSA) is 47.6 Å². The highest BCUT2D eigenvalue weighted by atomic mass is 16.6. The van der Waals surface area contributed by atoms with Gasteiger partial charge in [0.05, 0.1) is 13.7 Å². The predicted octanol–water partition coefficient (Wildman–Crippen LogP) is 2.66. The zero-order valence-corrected chi connectivity index (χ0v) is 11.6. The molecule has 100 valence electrons. The lowest BCUT2D eigenvalue weighted by Gasteiger charge is -2.22. The standard InChI is InChI=1S/C13H25NO3/c1-6-8-10(3)11(4)12(14-16-5)9-13(15)17-7-2/h9-11,14H,6-8H2,1-5H3/t10-,11-/m1/s1. The number of esters is 1. The van der Waals surface area contributed by atoms with Gasteiger partial charge in [-0.1, -0.05) is 33.6 Å². The molecule has 0 aromatic rings. The minimum absolute atomic E-state index is 0.235. The molecule has 0 radical (unpaired) electrons. The molecular formula is C13H25NO3. The van der Waals surface area contributed by atoms with E-state index in [1.807, 2.05) is 0 Å². The lowest BCUT2D eigenvalue weighted by atomic mass is 9.89. The van der Waals surface area contributed by atoms with E-state index in [2.05, 4.69) is 26.3 Å². The Kier molecular flexibility index (Phi) is 8.50. The van der Waals surface area contributed by atoms with Gasteiger partial charge in [-0.05, 0) is 12.8 Å². The van der Waals surface area contributed by atoms with E-state index in [0.717, 1.165) is 18.5 Å². The molecule has 0 saturated heterocycles. The van der Waals surface area contributed by atoms with E-state index in [-0.39, 0.29) is 11.9 Å². The van der Waals surface area contributed by atoms with E-state index in [4.69, 9.17) is 9.57 Å². The average Bonchev–Trinajstić information content (AvgIpc) is 2.28. The molecule has 0 spiro atoms. The quantitative estimate of drug-likeness (QED) is 0.404. The first kappa shape index (κ1) is 16.0. The Balaban J connectivity index is 4.64. The molecule has 0 heterocycles. The molecule has 0 aliphatic rings. The maximum atomic E-state index is 11.4. The Hall–Kier alpha value is -1.03. The van der Waals surface area contributed by atoms with Crippen LogP contribution < -0.4 is 5.48 Å². The molecule has 0 unspecified atom stereocenters. The van der Waals surface area contributed by atoms with E-state index < -0.39 is 0 Å². The summed E-state index contributed by atoms with van der Waals surface area (Å²) in [7, 11) is 1.54. The van der Waals surface area contributed by atoms with Gasteiger partial charge < -0.3 is 4.74 Å². The molecule has 4 nitrogen and oxygen atoms in total. The highest BCUT2D eigenvalue weighted by Crippen LogP contribution is 2.22. The summed E-state index contributed by atoms with van der Waals surface area (Å²) in [4.78, 5) is 16.3. The minimum Gasteiger partial charge on any atom is -0.463 e. The summed E-state index contributed by atoms with van der Waals surface area (Å²) in [5, 5.41) is 0. The number of rotatable bonds is 8. The third kappa shape index (κ3) is 6.31. The molecule has 0 bridgehead atoms. The number of allylic oxidation sites excluding steroid dienone is 1. The van der Waals surface area contributed by atoms with Crippen molar-refractivity contribution in [1.29, 1.82) is 0 Å². The number of hydrogen-bond donors (Lipinski definition) is 1. The number of nitrogens with one attached hydrogen (secondary N) is 1. The molecule has 1 N–H and O–H groups in total. The molecule has 0 saturated carbocycles. The summed E-state index contributed by atoms with van der Waals surface area (Å²) in [5.41, 5.74) is 3.54. The SMILES string of the molecule is CCC[C@@H](C)[C@@H](C)C(=CC(=O)OCC)NOC. The van der Waals surface area contributed by atoms with Gasteiger partial charge in [-0.3, -0.25) is 10.3 Å². The van der Waals surface area contributed by atoms with Crippen LogP contribution in [0.3, 0.4) is 0 Å². The second-order valence-corrected chi connectivity index (χ2v) is 4.21. The molecule has 0 aromatic heterocycles. The van der Waals surface area contributed by atoms with Gasteiger partial charge >= 0.3 is 5.97 Å². The van der Waals surface area contributed by atoms with Gasteiger partial charge in [-0.15, -0.1) is 0 Å². The van der Waals surface area contributed by atoms with Gasteiger partial charge in [-0.25, -0.2) is 4.79 Å². The van der Waals surface area contributed by atoms with Crippen molar-refractivity contribution < 1.29 is 14.4 Å². The van der Waals surface area contributed by atoms with Gasteiger partial charge in [0.15, 0.2) is 0 Å². The molecule has 0 amide bonds. The van der Waals surface area contributed by atoms with Crippen LogP contribution in [0.25, 0.3) is 0 Å². The fourth-order valence-corrected chi connectivity index (χ4v) is 1.69. The Morgan fingerprint density at radius 1 is 1.35 bits per heavy atom. The monoisotopic (exact) mass is 243 g/mol. The van der Waals surface area contributed by atoms with Crippen molar-refractivity contribution in [2.75, 3.05) is 13.7 Å². The lowest BCUT2D eigenvalue weighted by Crippen LogP contribution is -2.23. The highest BCUT2D eigenvalue weighted by molar-refractivity contribution is 5.82. The summed E-state index contributed by atoms with van der Waals surface area (Å²) in [6.07, 6.45) is 3.72. The third-order valence-electron chi connectivity index (χ3n) is 2.87. The van der Waals surface area contributed by atoms with Gasteiger partial charge in [-0.2, -0.15) is 0 Å². The van der Waals surface area contributed by atoms with E-state index in [1.54, 1.807) is 6.92 Å². The van der Waals surface area contributed by atoms with Crippen LogP contribution in [-0.2, 0) is 14.4 Å². The van der Waals surface area contributed by atoms with Gasteiger partial charge in [0.2, 0.25) is 0 Å². The second-order valence-electron chi connectivity index (χ2n) is 4.21. The van der Waals surface area contributed by atoms with Crippen LogP contribution in [0.1, 0.15) is 40.5 Å². The maximum Gasteiger partial charge on any atom is 0.332 e. The molecule has 0 fully saturated rings. The van der Waals surface area contributed by atoms with E-state index in [9.17, 15) is 4.79 Å². The van der Waals surface area contributed by atoms with Crippen LogP contribution in [0.2, 0.25) is 0 Å². The summed E-state index contributed by atoms with van der Waals surface area (Å²) >= 11 is 0. The zero-order valence-electron chi connectivity index (χ0n) is 11.6. The van der Waals surface area contributed by atoms with Crippen molar-refractivity contribution in [2.45, 2.75) is 40.5 Å². The fourth-order valence-electron chi connectivity index (χ4n) is 1.69. The highest BCUT2D eigenvalue weighted by Gasteiger charge is 2.17. The zero-order chi connectivity index (χ0) is 13.3. The Morgan fingerprint density at radius 3 is 2.47 bits per heavy atom. The fraction of sp³-hybridized carbons (Fsp3) is 0.769. The Bertz CT molecular complexity index is 251. The largest absolute Gasteiger partial charge is 0.463 e. The molecule has 4 heteroatoms. The van der Waals surface area contributed by atoms with Crippen molar-refractivity contribution in [3.05, 3.63) is 11.8 Å². The van der Waals surface area contributed by atoms with Crippen molar-refractivity contribution in [1.82, 2.24) is 5.48 Å². The first-order chi connectivity index (χ1) is 8.06. The van der Waals surface area contributed by atoms with Crippen LogP contribution in [0.15, 0.2) is 11.8 Å². The molecular weight excluding hydrogens is 218 g/mol. The summed E-state index contributed by atoms with van der Waals surface area (Å²) in [5.74, 6) is 0.394. The smallest absolute Gasteiger partial charge is 0.332 e. The average molecular weight is 243 g/mol. The van der Waals surface area contributed by atoms with Crippen LogP contribution >= 0.6 is 0 Å². The third-order valence-corrected chi connectivity index (χ3v) is 2.87. The molecule has 0 aliphatic carbocycles. The van der Waals surface area contributed by atoms with Crippen molar-refractivity contribution in [3.63, 3.8) is 0 Å². The number of carbonyl (C=O) groups is 1. The maximum absolute atomic E-state index is 11.4. The summed E-state index contributed by atoms with van der Waals surface area (Å²) in [6, 6.07) is 0. The first-order valence-corrected chi connectivity index (χ1v) is 6.24. The van der Waals surface area contributed by atoms with E-state index >= 15 is 0 Å². The number of hydroxylamine groups is 1. The van der Waals surface area contributed by atoms with Crippen LogP contribution in [0.4, 0.5) is 0 Å². The number of carbonyl (C=O) groups excluding carboxylic acids is 1. The van der Waals surface area contributed by atoms with Crippen molar-refractivity contribution in [2.24, 2.45) is 11.8 Å². The second kappa shape index (κ2) is 9.05. The molecule has 0 rings (SSSR count). The molecule has 0 aliphatic heterocycles. The Labute approximate surface area is 104 Å². The minimum atomic E-state index is -0.331. The van der Waals surface area contributed by atoms with Crippen molar-refractivity contribution in [3.8, 4) is 0 Å². The number of hydrogen-bond acceptors (Lipinski definition) is 4. The summed E-state index contributed by atoms with van der Waals surface area (Å²) in [6.45, 7) is 8.58. The molecule has 2 atom stereocenters. The predicted molar refractivity (Wildman–Crippen MR) is 68.1 cm³/mol. The Morgan fingerprint density at radius 2 is 2.00 bits per heavy atom. The van der Waals surface area contributed by atoms with Gasteiger partial charge in [0.1, 0.15) is 0 Å². The van der Waals surface area contributed by atoms with Gasteiger partial charge in [0.25, 0.3) is 0 Å². The first-order valence-electron chi connectivity index (χ1n) is 6.24.